The minimum atomic E-state index is -0.805. The Labute approximate surface area is 222 Å². The predicted molar refractivity (Wildman–Crippen MR) is 146 cm³/mol. The molecule has 1 unspecified atom stereocenters. The lowest BCUT2D eigenvalue weighted by molar-refractivity contribution is -0.132. The van der Waals surface area contributed by atoms with Gasteiger partial charge in [-0.2, -0.15) is 0 Å². The second-order valence-corrected chi connectivity index (χ2v) is 11.2. The molecule has 1 fully saturated rings. The first-order chi connectivity index (χ1) is 17.6. The number of aryl methyl sites for hydroxylation is 2. The third-order valence-electron chi connectivity index (χ3n) is 7.15. The van der Waals surface area contributed by atoms with Gasteiger partial charge in [0, 0.05) is 16.3 Å². The Bertz CT molecular complexity index is 1430. The summed E-state index contributed by atoms with van der Waals surface area (Å²) in [6, 6.07) is 17.7. The van der Waals surface area contributed by atoms with Crippen molar-refractivity contribution in [1.82, 2.24) is 0 Å². The molecule has 1 atom stereocenters. The SMILES string of the molecule is Cc1ccc(N2C(=O)C(=O)/C(=C(\O)c3ccc4c(c3)CCCO4)C2c2ccc(C(C)(C)C)cc2)cc1Cl. The van der Waals surface area contributed by atoms with Gasteiger partial charge in [-0.05, 0) is 77.8 Å². The maximum Gasteiger partial charge on any atom is 0.300 e. The van der Waals surface area contributed by atoms with Gasteiger partial charge in [0.1, 0.15) is 11.5 Å². The molecule has 0 aromatic heterocycles. The van der Waals surface area contributed by atoms with Crippen LogP contribution in [0, 0.1) is 6.92 Å². The van der Waals surface area contributed by atoms with Gasteiger partial charge in [-0.3, -0.25) is 14.5 Å². The molecule has 5 rings (SSSR count). The molecule has 6 heteroatoms. The first-order valence-electron chi connectivity index (χ1n) is 12.5. The Morgan fingerprint density at radius 2 is 1.76 bits per heavy atom. The summed E-state index contributed by atoms with van der Waals surface area (Å²) >= 11 is 6.41. The first-order valence-corrected chi connectivity index (χ1v) is 12.9. The number of hydrogen-bond acceptors (Lipinski definition) is 4. The Kier molecular flexibility index (Phi) is 6.36. The number of aliphatic hydroxyl groups excluding tert-OH is 1. The third-order valence-corrected chi connectivity index (χ3v) is 7.56. The van der Waals surface area contributed by atoms with Gasteiger partial charge < -0.3 is 9.84 Å². The van der Waals surface area contributed by atoms with Crippen molar-refractivity contribution in [2.75, 3.05) is 11.5 Å². The zero-order valence-corrected chi connectivity index (χ0v) is 22.2. The Morgan fingerprint density at radius 3 is 2.43 bits per heavy atom. The molecule has 1 amide bonds. The maximum atomic E-state index is 13.5. The molecule has 0 spiro atoms. The van der Waals surface area contributed by atoms with Gasteiger partial charge in [0.05, 0.1) is 18.2 Å². The van der Waals surface area contributed by atoms with Crippen LogP contribution in [0.4, 0.5) is 5.69 Å². The molecule has 3 aromatic carbocycles. The highest BCUT2D eigenvalue weighted by molar-refractivity contribution is 6.51. The summed E-state index contributed by atoms with van der Waals surface area (Å²) in [6.45, 7) is 8.92. The van der Waals surface area contributed by atoms with Crippen LogP contribution in [-0.4, -0.2) is 23.4 Å². The van der Waals surface area contributed by atoms with E-state index in [0.717, 1.165) is 40.8 Å². The number of hydrogen-bond donors (Lipinski definition) is 1. The van der Waals surface area contributed by atoms with Crippen molar-refractivity contribution in [3.05, 3.63) is 99.1 Å². The topological polar surface area (TPSA) is 66.8 Å². The summed E-state index contributed by atoms with van der Waals surface area (Å²) in [6.07, 6.45) is 1.71. The van der Waals surface area contributed by atoms with Crippen molar-refractivity contribution in [3.63, 3.8) is 0 Å². The number of rotatable bonds is 3. The van der Waals surface area contributed by atoms with Crippen LogP contribution in [0.15, 0.2) is 66.2 Å². The lowest BCUT2D eigenvalue weighted by Crippen LogP contribution is -2.29. The summed E-state index contributed by atoms with van der Waals surface area (Å²) < 4.78 is 5.71. The fourth-order valence-corrected chi connectivity index (χ4v) is 5.15. The van der Waals surface area contributed by atoms with Crippen LogP contribution in [0.1, 0.15) is 61.1 Å². The molecule has 0 bridgehead atoms. The van der Waals surface area contributed by atoms with Gasteiger partial charge in [0.15, 0.2) is 0 Å². The molecule has 2 aliphatic heterocycles. The van der Waals surface area contributed by atoms with Crippen LogP contribution in [0.3, 0.4) is 0 Å². The summed E-state index contributed by atoms with van der Waals surface area (Å²) in [5, 5.41) is 12.0. The monoisotopic (exact) mass is 515 g/mol. The number of carbonyl (C=O) groups is 2. The van der Waals surface area contributed by atoms with Crippen LogP contribution >= 0.6 is 11.6 Å². The molecular formula is C31H30ClNO4. The van der Waals surface area contributed by atoms with Crippen molar-refractivity contribution in [2.24, 2.45) is 0 Å². The molecule has 0 saturated carbocycles. The fraction of sp³-hybridized carbons (Fsp3) is 0.290. The molecule has 190 valence electrons. The minimum Gasteiger partial charge on any atom is -0.507 e. The van der Waals surface area contributed by atoms with E-state index >= 15 is 0 Å². The first kappa shape index (κ1) is 25.1. The van der Waals surface area contributed by atoms with E-state index in [-0.39, 0.29) is 16.7 Å². The largest absolute Gasteiger partial charge is 0.507 e. The van der Waals surface area contributed by atoms with E-state index in [0.29, 0.717) is 22.9 Å². The number of halogens is 1. The predicted octanol–water partition coefficient (Wildman–Crippen LogP) is 6.90. The van der Waals surface area contributed by atoms with Crippen LogP contribution in [0.25, 0.3) is 5.76 Å². The number of Topliss-reactive ketones (excluding diaryl/α,β-unsaturated/α-hetero) is 1. The Hall–Kier alpha value is -3.57. The van der Waals surface area contributed by atoms with Crippen molar-refractivity contribution < 1.29 is 19.4 Å². The number of benzene rings is 3. The smallest absolute Gasteiger partial charge is 0.300 e. The van der Waals surface area contributed by atoms with E-state index in [1.807, 2.05) is 49.4 Å². The van der Waals surface area contributed by atoms with Gasteiger partial charge >= 0.3 is 0 Å². The standard InChI is InChI=1S/C31H30ClNO4/c1-18-7-13-23(17-24(18)32)33-27(19-8-11-22(12-9-19)31(2,3)4)26(29(35)30(33)36)28(34)21-10-14-25-20(16-21)6-5-15-37-25/h7-14,16-17,27,34H,5-6,15H2,1-4H3/b28-26-. The minimum absolute atomic E-state index is 0.0573. The molecule has 5 nitrogen and oxygen atoms in total. The Morgan fingerprint density at radius 1 is 1.03 bits per heavy atom. The number of aliphatic hydroxyl groups is 1. The number of anilines is 1. The van der Waals surface area contributed by atoms with Crippen LogP contribution in [0.5, 0.6) is 5.75 Å². The van der Waals surface area contributed by atoms with E-state index < -0.39 is 17.7 Å². The summed E-state index contributed by atoms with van der Waals surface area (Å²) in [5.74, 6) is -0.843. The lowest BCUT2D eigenvalue weighted by atomic mass is 9.85. The molecule has 0 radical (unpaired) electrons. The van der Waals surface area contributed by atoms with Gasteiger partial charge in [0.2, 0.25) is 0 Å². The van der Waals surface area contributed by atoms with Crippen molar-refractivity contribution >= 4 is 34.7 Å². The number of ether oxygens (including phenoxy) is 1. The van der Waals surface area contributed by atoms with Gasteiger partial charge in [-0.1, -0.05) is 62.7 Å². The summed E-state index contributed by atoms with van der Waals surface area (Å²) in [4.78, 5) is 28.4. The van der Waals surface area contributed by atoms with E-state index in [1.54, 1.807) is 18.2 Å². The number of amides is 1. The van der Waals surface area contributed by atoms with Crippen molar-refractivity contribution in [2.45, 2.75) is 52.0 Å². The highest BCUT2D eigenvalue weighted by atomic mass is 35.5. The molecule has 2 heterocycles. The molecule has 1 saturated heterocycles. The third kappa shape index (κ3) is 4.53. The van der Waals surface area contributed by atoms with E-state index in [1.165, 1.54) is 4.90 Å². The van der Waals surface area contributed by atoms with E-state index in [2.05, 4.69) is 20.8 Å². The van der Waals surface area contributed by atoms with Crippen LogP contribution in [-0.2, 0) is 21.4 Å². The van der Waals surface area contributed by atoms with Gasteiger partial charge in [0.25, 0.3) is 11.7 Å². The average molecular weight is 516 g/mol. The van der Waals surface area contributed by atoms with Crippen molar-refractivity contribution in [1.29, 1.82) is 0 Å². The molecule has 1 N–H and O–H groups in total. The second-order valence-electron chi connectivity index (χ2n) is 10.7. The average Bonchev–Trinajstić information content (AvgIpc) is 3.14. The van der Waals surface area contributed by atoms with Crippen molar-refractivity contribution in [3.8, 4) is 5.75 Å². The molecule has 0 aliphatic carbocycles. The molecule has 3 aromatic rings. The number of ketones is 1. The fourth-order valence-electron chi connectivity index (χ4n) is 4.97. The zero-order chi connectivity index (χ0) is 26.5. The Balaban J connectivity index is 1.69. The quantitative estimate of drug-likeness (QED) is 0.234. The van der Waals surface area contributed by atoms with Gasteiger partial charge in [-0.25, -0.2) is 0 Å². The highest BCUT2D eigenvalue weighted by Gasteiger charge is 2.47. The summed E-state index contributed by atoms with van der Waals surface area (Å²) in [5.41, 5.74) is 4.68. The van der Waals surface area contributed by atoms with Crippen LogP contribution < -0.4 is 9.64 Å². The van der Waals surface area contributed by atoms with E-state index in [9.17, 15) is 14.7 Å². The molecular weight excluding hydrogens is 486 g/mol. The number of fused-ring (bicyclic) bond motifs is 1. The second kappa shape index (κ2) is 9.38. The van der Waals surface area contributed by atoms with Gasteiger partial charge in [-0.15, -0.1) is 0 Å². The summed E-state index contributed by atoms with van der Waals surface area (Å²) in [7, 11) is 0. The van der Waals surface area contributed by atoms with E-state index in [4.69, 9.17) is 16.3 Å². The molecule has 2 aliphatic rings. The lowest BCUT2D eigenvalue weighted by Gasteiger charge is -2.27. The van der Waals surface area contributed by atoms with Crippen LogP contribution in [0.2, 0.25) is 5.02 Å². The highest BCUT2D eigenvalue weighted by Crippen LogP contribution is 2.43. The number of nitrogens with zero attached hydrogens (tertiary/aromatic N) is 1. The molecule has 37 heavy (non-hydrogen) atoms. The normalized spacial score (nSPS) is 19.1. The number of carbonyl (C=O) groups excluding carboxylic acids is 2. The maximum absolute atomic E-state index is 13.5. The zero-order valence-electron chi connectivity index (χ0n) is 21.5.